The molecule has 0 aromatic heterocycles. The Morgan fingerprint density at radius 2 is 1.71 bits per heavy atom. The van der Waals surface area contributed by atoms with E-state index in [1.807, 2.05) is 0 Å². The number of carboxylic acid groups (broad SMARTS) is 1. The maximum absolute atomic E-state index is 11.5. The third-order valence-corrected chi connectivity index (χ3v) is 1.99. The number of rotatable bonds is 4. The molecule has 0 heterocycles. The zero-order chi connectivity index (χ0) is 13.8. The smallest absolute Gasteiger partial charge is 0.407 e. The van der Waals surface area contributed by atoms with E-state index in [0.29, 0.717) is 0 Å². The van der Waals surface area contributed by atoms with Gasteiger partial charge in [0.15, 0.2) is 6.10 Å². The number of amides is 1. The molecule has 2 atom stereocenters. The predicted octanol–water partition coefficient (Wildman–Crippen LogP) is 0.981. The number of aliphatic hydroxyl groups excluding tert-OH is 1. The molecule has 0 saturated carbocycles. The maximum Gasteiger partial charge on any atom is 0.407 e. The molecular weight excluding hydrogens is 226 g/mol. The molecule has 0 aliphatic heterocycles. The average Bonchev–Trinajstić information content (AvgIpc) is 2.09. The molecule has 0 aliphatic rings. The van der Waals surface area contributed by atoms with Crippen LogP contribution in [0, 0.1) is 5.92 Å². The van der Waals surface area contributed by atoms with Gasteiger partial charge in [0.1, 0.15) is 5.60 Å². The van der Waals surface area contributed by atoms with Gasteiger partial charge < -0.3 is 20.3 Å². The second-order valence-electron chi connectivity index (χ2n) is 5.20. The van der Waals surface area contributed by atoms with Crippen molar-refractivity contribution in [2.45, 2.75) is 52.4 Å². The first-order valence-electron chi connectivity index (χ1n) is 5.45. The van der Waals surface area contributed by atoms with Crippen molar-refractivity contribution in [2.75, 3.05) is 0 Å². The number of aliphatic carboxylic acids is 1. The van der Waals surface area contributed by atoms with E-state index in [0.717, 1.165) is 0 Å². The maximum atomic E-state index is 11.5. The Morgan fingerprint density at radius 1 is 1.24 bits per heavy atom. The molecule has 0 aromatic carbocycles. The van der Waals surface area contributed by atoms with Crippen LogP contribution in [0.3, 0.4) is 0 Å². The van der Waals surface area contributed by atoms with Crippen molar-refractivity contribution in [1.29, 1.82) is 0 Å². The first-order valence-corrected chi connectivity index (χ1v) is 5.45. The Morgan fingerprint density at radius 3 is 2.00 bits per heavy atom. The van der Waals surface area contributed by atoms with E-state index < -0.39 is 29.8 Å². The monoisotopic (exact) mass is 247 g/mol. The average molecular weight is 247 g/mol. The van der Waals surface area contributed by atoms with Crippen LogP contribution in [0.5, 0.6) is 0 Å². The van der Waals surface area contributed by atoms with E-state index in [1.165, 1.54) is 0 Å². The fourth-order valence-electron chi connectivity index (χ4n) is 1.21. The largest absolute Gasteiger partial charge is 0.479 e. The van der Waals surface area contributed by atoms with Gasteiger partial charge in [0.05, 0.1) is 6.04 Å². The molecule has 17 heavy (non-hydrogen) atoms. The summed E-state index contributed by atoms with van der Waals surface area (Å²) in [4.78, 5) is 22.1. The summed E-state index contributed by atoms with van der Waals surface area (Å²) in [6.45, 7) is 8.50. The summed E-state index contributed by atoms with van der Waals surface area (Å²) in [6.07, 6.45) is -2.39. The van der Waals surface area contributed by atoms with Crippen LogP contribution in [-0.4, -0.2) is 40.0 Å². The lowest BCUT2D eigenvalue weighted by Crippen LogP contribution is -2.51. The van der Waals surface area contributed by atoms with Gasteiger partial charge in [0.2, 0.25) is 0 Å². The van der Waals surface area contributed by atoms with Gasteiger partial charge in [-0.3, -0.25) is 0 Å². The van der Waals surface area contributed by atoms with Crippen molar-refractivity contribution >= 4 is 12.1 Å². The molecule has 3 N–H and O–H groups in total. The second kappa shape index (κ2) is 5.86. The zero-order valence-electron chi connectivity index (χ0n) is 10.9. The Balaban J connectivity index is 4.57. The van der Waals surface area contributed by atoms with Gasteiger partial charge in [-0.1, -0.05) is 13.8 Å². The number of ether oxygens (including phenoxy) is 1. The van der Waals surface area contributed by atoms with Crippen molar-refractivity contribution < 1.29 is 24.5 Å². The third-order valence-electron chi connectivity index (χ3n) is 1.99. The van der Waals surface area contributed by atoms with Crippen LogP contribution in [0.2, 0.25) is 0 Å². The fraction of sp³-hybridized carbons (Fsp3) is 0.818. The highest BCUT2D eigenvalue weighted by Gasteiger charge is 2.31. The summed E-state index contributed by atoms with van der Waals surface area (Å²) in [5, 5.41) is 20.5. The van der Waals surface area contributed by atoms with Gasteiger partial charge in [-0.2, -0.15) is 0 Å². The van der Waals surface area contributed by atoms with Crippen LogP contribution in [0.15, 0.2) is 0 Å². The van der Waals surface area contributed by atoms with E-state index in [1.54, 1.807) is 34.6 Å². The van der Waals surface area contributed by atoms with Gasteiger partial charge in [0.25, 0.3) is 0 Å². The molecule has 1 amide bonds. The standard InChI is InChI=1S/C11H21NO5/c1-6(2)7(8(13)9(14)15)12-10(16)17-11(3,4)5/h6-8,13H,1-5H3,(H,12,16)(H,14,15)/t7-,8+/m0/s1. The second-order valence-corrected chi connectivity index (χ2v) is 5.20. The van der Waals surface area contributed by atoms with Crippen LogP contribution in [0.25, 0.3) is 0 Å². The van der Waals surface area contributed by atoms with Crippen LogP contribution in [0.1, 0.15) is 34.6 Å². The van der Waals surface area contributed by atoms with Crippen molar-refractivity contribution in [3.05, 3.63) is 0 Å². The Hall–Kier alpha value is -1.30. The first kappa shape index (κ1) is 15.7. The molecule has 0 bridgehead atoms. The minimum Gasteiger partial charge on any atom is -0.479 e. The molecule has 6 nitrogen and oxygen atoms in total. The van der Waals surface area contributed by atoms with E-state index >= 15 is 0 Å². The highest BCUT2D eigenvalue weighted by molar-refractivity contribution is 5.75. The van der Waals surface area contributed by atoms with Gasteiger partial charge >= 0.3 is 12.1 Å². The number of aliphatic hydroxyl groups is 1. The summed E-state index contributed by atoms with van der Waals surface area (Å²) in [5.74, 6) is -1.60. The minimum atomic E-state index is -1.65. The zero-order valence-corrected chi connectivity index (χ0v) is 10.9. The van der Waals surface area contributed by atoms with Crippen LogP contribution >= 0.6 is 0 Å². The van der Waals surface area contributed by atoms with Crippen LogP contribution in [0.4, 0.5) is 4.79 Å². The normalized spacial score (nSPS) is 15.2. The minimum absolute atomic E-state index is 0.228. The fourth-order valence-corrected chi connectivity index (χ4v) is 1.21. The van der Waals surface area contributed by atoms with Gasteiger partial charge in [-0.05, 0) is 26.7 Å². The molecule has 6 heteroatoms. The highest BCUT2D eigenvalue weighted by atomic mass is 16.6. The summed E-state index contributed by atoms with van der Waals surface area (Å²) in [6, 6.07) is -0.887. The number of carbonyl (C=O) groups is 2. The summed E-state index contributed by atoms with van der Waals surface area (Å²) in [5.41, 5.74) is -0.667. The quantitative estimate of drug-likeness (QED) is 0.688. The predicted molar refractivity (Wildman–Crippen MR) is 61.6 cm³/mol. The van der Waals surface area contributed by atoms with Crippen molar-refractivity contribution in [3.63, 3.8) is 0 Å². The molecule has 0 aromatic rings. The van der Waals surface area contributed by atoms with E-state index in [4.69, 9.17) is 9.84 Å². The van der Waals surface area contributed by atoms with Gasteiger partial charge in [0, 0.05) is 0 Å². The van der Waals surface area contributed by atoms with Crippen LogP contribution in [-0.2, 0) is 9.53 Å². The lowest BCUT2D eigenvalue weighted by molar-refractivity contribution is -0.148. The number of carbonyl (C=O) groups excluding carboxylic acids is 1. The third kappa shape index (κ3) is 6.11. The lowest BCUT2D eigenvalue weighted by Gasteiger charge is -2.27. The topological polar surface area (TPSA) is 95.9 Å². The van der Waals surface area contributed by atoms with E-state index in [2.05, 4.69) is 5.32 Å². The molecule has 0 fully saturated rings. The number of carboxylic acids is 1. The molecule has 100 valence electrons. The van der Waals surface area contributed by atoms with E-state index in [-0.39, 0.29) is 5.92 Å². The molecular formula is C11H21NO5. The number of alkyl carbamates (subject to hydrolysis) is 1. The molecule has 0 spiro atoms. The van der Waals surface area contributed by atoms with Crippen molar-refractivity contribution in [2.24, 2.45) is 5.92 Å². The highest BCUT2D eigenvalue weighted by Crippen LogP contribution is 2.11. The van der Waals surface area contributed by atoms with Gasteiger partial charge in [-0.15, -0.1) is 0 Å². The SMILES string of the molecule is CC(C)[C@H](NC(=O)OC(C)(C)C)[C@@H](O)C(=O)O. The molecule has 0 saturated heterocycles. The Bertz CT molecular complexity index is 282. The number of hydrogen-bond donors (Lipinski definition) is 3. The molecule has 0 rings (SSSR count). The van der Waals surface area contributed by atoms with Gasteiger partial charge in [-0.25, -0.2) is 9.59 Å². The Kier molecular flexibility index (Phi) is 5.41. The summed E-state index contributed by atoms with van der Waals surface area (Å²) >= 11 is 0. The van der Waals surface area contributed by atoms with E-state index in [9.17, 15) is 14.7 Å². The number of nitrogens with one attached hydrogen (secondary N) is 1. The number of hydrogen-bond acceptors (Lipinski definition) is 4. The van der Waals surface area contributed by atoms with Crippen molar-refractivity contribution in [1.82, 2.24) is 5.32 Å². The van der Waals surface area contributed by atoms with Crippen molar-refractivity contribution in [3.8, 4) is 0 Å². The molecule has 0 radical (unpaired) electrons. The van der Waals surface area contributed by atoms with Crippen LogP contribution < -0.4 is 5.32 Å². The molecule has 0 aliphatic carbocycles. The first-order chi connectivity index (χ1) is 7.54. The summed E-state index contributed by atoms with van der Waals surface area (Å²) < 4.78 is 4.99. The molecule has 0 unspecified atom stereocenters. The lowest BCUT2D eigenvalue weighted by atomic mass is 9.99. The summed E-state index contributed by atoms with van der Waals surface area (Å²) in [7, 11) is 0. The Labute approximate surface area is 101 Å².